The second-order valence-electron chi connectivity index (χ2n) is 7.10. The average molecular weight is 342 g/mol. The molecule has 2 aromatic carbocycles. The molecular formula is C21H30N2O2+2. The molecule has 3 rings (SSSR count). The lowest BCUT2D eigenvalue weighted by Crippen LogP contribution is -3.28. The molecule has 25 heavy (non-hydrogen) atoms. The maximum absolute atomic E-state index is 10.3. The van der Waals surface area contributed by atoms with E-state index in [1.54, 1.807) is 4.90 Å². The van der Waals surface area contributed by atoms with Gasteiger partial charge < -0.3 is 19.6 Å². The second-order valence-corrected chi connectivity index (χ2v) is 7.10. The fourth-order valence-corrected chi connectivity index (χ4v) is 3.52. The fraction of sp³-hybridized carbons (Fsp3) is 0.429. The number of hydrogen-bond acceptors (Lipinski definition) is 2. The first-order chi connectivity index (χ1) is 12.2. The largest absolute Gasteiger partial charge is 0.490 e. The maximum Gasteiger partial charge on any atom is 0.137 e. The lowest BCUT2D eigenvalue weighted by molar-refractivity contribution is -1.02. The Morgan fingerprint density at radius 3 is 2.28 bits per heavy atom. The highest BCUT2D eigenvalue weighted by molar-refractivity contribution is 5.31. The Balaban J connectivity index is 1.37. The minimum Gasteiger partial charge on any atom is -0.490 e. The molecule has 0 unspecified atom stereocenters. The van der Waals surface area contributed by atoms with E-state index in [9.17, 15) is 5.11 Å². The number of benzene rings is 2. The zero-order valence-electron chi connectivity index (χ0n) is 15.1. The van der Waals surface area contributed by atoms with Crippen molar-refractivity contribution in [3.63, 3.8) is 0 Å². The molecule has 4 nitrogen and oxygen atoms in total. The second kappa shape index (κ2) is 8.99. The summed E-state index contributed by atoms with van der Waals surface area (Å²) in [4.78, 5) is 3.12. The summed E-state index contributed by atoms with van der Waals surface area (Å²) < 4.78 is 5.77. The Morgan fingerprint density at radius 2 is 1.56 bits per heavy atom. The smallest absolute Gasteiger partial charge is 0.137 e. The Morgan fingerprint density at radius 1 is 0.920 bits per heavy atom. The van der Waals surface area contributed by atoms with Crippen LogP contribution in [0.3, 0.4) is 0 Å². The molecular weight excluding hydrogens is 312 g/mol. The van der Waals surface area contributed by atoms with Gasteiger partial charge in [-0.25, -0.2) is 0 Å². The van der Waals surface area contributed by atoms with E-state index in [2.05, 4.69) is 30.3 Å². The number of aliphatic hydroxyl groups is 1. The van der Waals surface area contributed by atoms with Crippen molar-refractivity contribution < 1.29 is 19.6 Å². The van der Waals surface area contributed by atoms with Gasteiger partial charge in [-0.1, -0.05) is 48.5 Å². The van der Waals surface area contributed by atoms with E-state index in [1.807, 2.05) is 31.2 Å². The van der Waals surface area contributed by atoms with Crippen molar-refractivity contribution >= 4 is 0 Å². The molecule has 0 bridgehead atoms. The van der Waals surface area contributed by atoms with Gasteiger partial charge in [0.15, 0.2) is 0 Å². The monoisotopic (exact) mass is 342 g/mol. The van der Waals surface area contributed by atoms with Crippen LogP contribution in [0.25, 0.3) is 0 Å². The van der Waals surface area contributed by atoms with Crippen LogP contribution in [0.15, 0.2) is 54.6 Å². The van der Waals surface area contributed by atoms with Crippen molar-refractivity contribution in [2.75, 3.05) is 39.3 Å². The Kier molecular flexibility index (Phi) is 6.45. The third kappa shape index (κ3) is 5.56. The average Bonchev–Trinajstić information content (AvgIpc) is 2.64. The van der Waals surface area contributed by atoms with Crippen LogP contribution in [0, 0.1) is 6.92 Å². The summed E-state index contributed by atoms with van der Waals surface area (Å²) >= 11 is 0. The molecule has 1 aliphatic rings. The quantitative estimate of drug-likeness (QED) is 0.648. The van der Waals surface area contributed by atoms with Crippen LogP contribution >= 0.6 is 0 Å². The van der Waals surface area contributed by atoms with E-state index < -0.39 is 6.10 Å². The molecule has 1 atom stereocenters. The normalized spacial score (nSPS) is 21.7. The van der Waals surface area contributed by atoms with Gasteiger partial charge in [-0.2, -0.15) is 0 Å². The van der Waals surface area contributed by atoms with E-state index >= 15 is 0 Å². The Bertz CT molecular complexity index is 639. The Labute approximate surface area is 150 Å². The van der Waals surface area contributed by atoms with Gasteiger partial charge in [-0.15, -0.1) is 0 Å². The van der Waals surface area contributed by atoms with Crippen LogP contribution in [0.4, 0.5) is 0 Å². The fourth-order valence-electron chi connectivity index (χ4n) is 3.52. The van der Waals surface area contributed by atoms with Crippen molar-refractivity contribution in [1.82, 2.24) is 0 Å². The minimum atomic E-state index is -0.412. The maximum atomic E-state index is 10.3. The van der Waals surface area contributed by atoms with E-state index in [-0.39, 0.29) is 0 Å². The van der Waals surface area contributed by atoms with Gasteiger partial charge in [0.2, 0.25) is 0 Å². The lowest BCUT2D eigenvalue weighted by Gasteiger charge is -2.30. The number of para-hydroxylation sites is 1. The molecule has 134 valence electrons. The molecule has 3 N–H and O–H groups in total. The SMILES string of the molecule is Cc1ccccc1OC[C@H](O)C[NH+]1CC[NH+](Cc2ccccc2)CC1. The zero-order valence-corrected chi connectivity index (χ0v) is 15.1. The van der Waals surface area contributed by atoms with Gasteiger partial charge in [-0.05, 0) is 18.6 Å². The summed E-state index contributed by atoms with van der Waals surface area (Å²) in [5.74, 6) is 0.869. The lowest BCUT2D eigenvalue weighted by atomic mass is 10.2. The molecule has 0 radical (unpaired) electrons. The van der Waals surface area contributed by atoms with Gasteiger partial charge in [-0.3, -0.25) is 0 Å². The number of piperazine rings is 1. The molecule has 2 aromatic rings. The predicted octanol–water partition coefficient (Wildman–Crippen LogP) is -0.282. The van der Waals surface area contributed by atoms with Crippen LogP contribution in [0.2, 0.25) is 0 Å². The number of aryl methyl sites for hydroxylation is 1. The number of ether oxygens (including phenoxy) is 1. The van der Waals surface area contributed by atoms with Gasteiger partial charge in [0, 0.05) is 5.56 Å². The summed E-state index contributed by atoms with van der Waals surface area (Å²) in [5, 5.41) is 10.3. The topological polar surface area (TPSA) is 38.3 Å². The summed E-state index contributed by atoms with van der Waals surface area (Å²) in [5.41, 5.74) is 2.52. The van der Waals surface area contributed by atoms with Crippen LogP contribution in [-0.4, -0.2) is 50.5 Å². The molecule has 1 aliphatic heterocycles. The molecule has 1 heterocycles. The number of nitrogens with one attached hydrogen (secondary N) is 2. The summed E-state index contributed by atoms with van der Waals surface area (Å²) in [7, 11) is 0. The highest BCUT2D eigenvalue weighted by Gasteiger charge is 2.25. The van der Waals surface area contributed by atoms with Crippen molar-refractivity contribution in [3.8, 4) is 5.75 Å². The van der Waals surface area contributed by atoms with Crippen LogP contribution in [0.1, 0.15) is 11.1 Å². The van der Waals surface area contributed by atoms with Gasteiger partial charge in [0.25, 0.3) is 0 Å². The minimum absolute atomic E-state index is 0.370. The highest BCUT2D eigenvalue weighted by atomic mass is 16.5. The van der Waals surface area contributed by atoms with Crippen molar-refractivity contribution in [2.45, 2.75) is 19.6 Å². The number of hydrogen-bond donors (Lipinski definition) is 3. The van der Waals surface area contributed by atoms with Crippen LogP contribution in [-0.2, 0) is 6.54 Å². The molecule has 0 amide bonds. The summed E-state index contributed by atoms with van der Waals surface area (Å²) in [6.07, 6.45) is -0.412. The first kappa shape index (κ1) is 17.9. The third-order valence-corrected chi connectivity index (χ3v) is 5.01. The molecule has 0 spiro atoms. The Hall–Kier alpha value is -1.88. The van der Waals surface area contributed by atoms with Crippen molar-refractivity contribution in [1.29, 1.82) is 0 Å². The van der Waals surface area contributed by atoms with Crippen LogP contribution in [0.5, 0.6) is 5.75 Å². The first-order valence-electron chi connectivity index (χ1n) is 9.28. The molecule has 4 heteroatoms. The van der Waals surface area contributed by atoms with E-state index in [0.29, 0.717) is 6.61 Å². The third-order valence-electron chi connectivity index (χ3n) is 5.01. The molecule has 0 saturated carbocycles. The summed E-state index contributed by atoms with van der Waals surface area (Å²) in [6, 6.07) is 18.7. The zero-order chi connectivity index (χ0) is 17.5. The molecule has 0 aromatic heterocycles. The predicted molar refractivity (Wildman–Crippen MR) is 99.1 cm³/mol. The number of rotatable bonds is 7. The van der Waals surface area contributed by atoms with Gasteiger partial charge in [0.05, 0.1) is 0 Å². The molecule has 1 saturated heterocycles. The van der Waals surface area contributed by atoms with Crippen molar-refractivity contribution in [2.24, 2.45) is 0 Å². The van der Waals surface area contributed by atoms with E-state index in [4.69, 9.17) is 4.74 Å². The standard InChI is InChI=1S/C21H28N2O2/c1-18-7-5-6-10-21(18)25-17-20(24)16-23-13-11-22(12-14-23)15-19-8-3-2-4-9-19/h2-10,20,24H,11-17H2,1H3/p+2/t20-/m1/s1. The van der Waals surface area contributed by atoms with E-state index in [1.165, 1.54) is 10.5 Å². The van der Waals surface area contributed by atoms with Crippen molar-refractivity contribution in [3.05, 3.63) is 65.7 Å². The highest BCUT2D eigenvalue weighted by Crippen LogP contribution is 2.15. The first-order valence-corrected chi connectivity index (χ1v) is 9.28. The number of aliphatic hydroxyl groups excluding tert-OH is 1. The molecule has 0 aliphatic carbocycles. The van der Waals surface area contributed by atoms with Gasteiger partial charge >= 0.3 is 0 Å². The van der Waals surface area contributed by atoms with E-state index in [0.717, 1.165) is 50.6 Å². The van der Waals surface area contributed by atoms with Crippen LogP contribution < -0.4 is 14.5 Å². The number of quaternary nitrogens is 2. The van der Waals surface area contributed by atoms with Gasteiger partial charge in [0.1, 0.15) is 57.7 Å². The summed E-state index contributed by atoms with van der Waals surface area (Å²) in [6.45, 7) is 8.83. The molecule has 1 fully saturated rings.